The number of pyridine rings is 1. The molecule has 3 aromatic heterocycles. The van der Waals surface area contributed by atoms with Crippen molar-refractivity contribution in [2.24, 2.45) is 0 Å². The third kappa shape index (κ3) is 2.35. The zero-order chi connectivity index (χ0) is 16.0. The van der Waals surface area contributed by atoms with Crippen LogP contribution in [0.3, 0.4) is 0 Å². The minimum Gasteiger partial charge on any atom is -0.334 e. The average molecular weight is 330 g/mol. The lowest BCUT2D eigenvalue weighted by atomic mass is 10.2. The molecule has 3 heterocycles. The predicted molar refractivity (Wildman–Crippen MR) is 81.4 cm³/mol. The maximum Gasteiger partial charge on any atom is 0.259 e. The monoisotopic (exact) mass is 329 g/mol. The Morgan fingerprint density at radius 1 is 1.17 bits per heavy atom. The summed E-state index contributed by atoms with van der Waals surface area (Å²) in [7, 11) is 0. The van der Waals surface area contributed by atoms with Crippen molar-refractivity contribution in [1.82, 2.24) is 24.7 Å². The van der Waals surface area contributed by atoms with E-state index in [1.807, 2.05) is 23.6 Å². The van der Waals surface area contributed by atoms with Gasteiger partial charge >= 0.3 is 0 Å². The minimum absolute atomic E-state index is 0.157. The smallest absolute Gasteiger partial charge is 0.259 e. The van der Waals surface area contributed by atoms with Gasteiger partial charge in [-0.1, -0.05) is 16.8 Å². The Morgan fingerprint density at radius 3 is 2.91 bits per heavy atom. The highest BCUT2D eigenvalue weighted by molar-refractivity contribution is 6.33. The second-order valence-electron chi connectivity index (χ2n) is 4.94. The third-order valence-corrected chi connectivity index (χ3v) is 3.75. The first kappa shape index (κ1) is 13.8. The van der Waals surface area contributed by atoms with E-state index in [2.05, 4.69) is 20.3 Å². The lowest BCUT2D eigenvalue weighted by Crippen LogP contribution is -1.90. The fourth-order valence-electron chi connectivity index (χ4n) is 2.25. The molecule has 0 atom stereocenters. The van der Waals surface area contributed by atoms with E-state index in [4.69, 9.17) is 16.1 Å². The Labute approximate surface area is 134 Å². The number of fused-ring (bicyclic) bond motifs is 1. The number of rotatable bonds is 2. The number of hydrogen-bond donors (Lipinski definition) is 0. The Balaban J connectivity index is 1.79. The summed E-state index contributed by atoms with van der Waals surface area (Å²) in [6.07, 6.45) is 1.81. The molecule has 0 N–H and O–H groups in total. The third-order valence-electron chi connectivity index (χ3n) is 3.42. The molecule has 0 radical (unpaired) electrons. The molecule has 0 aliphatic heterocycles. The number of hydrogen-bond acceptors (Lipinski definition) is 5. The topological polar surface area (TPSA) is 69.1 Å². The van der Waals surface area contributed by atoms with Gasteiger partial charge in [0.1, 0.15) is 11.6 Å². The van der Waals surface area contributed by atoms with Crippen LogP contribution < -0.4 is 0 Å². The lowest BCUT2D eigenvalue weighted by Gasteiger charge is -1.98. The number of aromatic nitrogens is 5. The maximum absolute atomic E-state index is 13.4. The summed E-state index contributed by atoms with van der Waals surface area (Å²) in [4.78, 5) is 4.29. The Kier molecular flexibility index (Phi) is 3.09. The van der Waals surface area contributed by atoms with Crippen molar-refractivity contribution in [3.05, 3.63) is 53.2 Å². The van der Waals surface area contributed by atoms with Crippen molar-refractivity contribution < 1.29 is 8.91 Å². The molecule has 0 spiro atoms. The summed E-state index contributed by atoms with van der Waals surface area (Å²) >= 11 is 6.06. The van der Waals surface area contributed by atoms with E-state index < -0.39 is 5.82 Å². The molecule has 0 aliphatic carbocycles. The molecule has 0 unspecified atom stereocenters. The van der Waals surface area contributed by atoms with E-state index in [1.54, 1.807) is 6.07 Å². The van der Waals surface area contributed by atoms with E-state index in [9.17, 15) is 4.39 Å². The molecule has 0 amide bonds. The highest BCUT2D eigenvalue weighted by atomic mass is 35.5. The van der Waals surface area contributed by atoms with Crippen molar-refractivity contribution >= 4 is 17.2 Å². The van der Waals surface area contributed by atoms with Gasteiger partial charge in [-0.05, 0) is 37.3 Å². The maximum atomic E-state index is 13.4. The SMILES string of the molecule is Cc1nnc2ccc(-c3noc(-c4cc(F)ccc4Cl)n3)cn12. The van der Waals surface area contributed by atoms with Crippen LogP contribution in [-0.2, 0) is 0 Å². The molecule has 0 aliphatic rings. The van der Waals surface area contributed by atoms with Gasteiger partial charge in [-0.2, -0.15) is 4.98 Å². The summed E-state index contributed by atoms with van der Waals surface area (Å²) in [6.45, 7) is 1.85. The van der Waals surface area contributed by atoms with Crippen molar-refractivity contribution in [2.75, 3.05) is 0 Å². The molecule has 4 rings (SSSR count). The molecule has 0 fully saturated rings. The second-order valence-corrected chi connectivity index (χ2v) is 5.35. The van der Waals surface area contributed by atoms with Crippen molar-refractivity contribution in [1.29, 1.82) is 0 Å². The molecule has 6 nitrogen and oxygen atoms in total. The average Bonchev–Trinajstić information content (AvgIpc) is 3.17. The zero-order valence-corrected chi connectivity index (χ0v) is 12.6. The van der Waals surface area contributed by atoms with Gasteiger partial charge < -0.3 is 4.52 Å². The zero-order valence-electron chi connectivity index (χ0n) is 11.9. The van der Waals surface area contributed by atoms with Gasteiger partial charge in [0.25, 0.3) is 5.89 Å². The molecule has 0 saturated heterocycles. The highest BCUT2D eigenvalue weighted by Crippen LogP contribution is 2.29. The molecular formula is C15H9ClFN5O. The van der Waals surface area contributed by atoms with Gasteiger partial charge in [-0.25, -0.2) is 4.39 Å². The fourth-order valence-corrected chi connectivity index (χ4v) is 2.45. The molecule has 1 aromatic carbocycles. The van der Waals surface area contributed by atoms with Gasteiger partial charge in [0.15, 0.2) is 5.65 Å². The number of nitrogens with zero attached hydrogens (tertiary/aromatic N) is 5. The Hall–Kier alpha value is -2.80. The normalized spacial score (nSPS) is 11.3. The Morgan fingerprint density at radius 2 is 2.04 bits per heavy atom. The first-order chi connectivity index (χ1) is 11.1. The largest absolute Gasteiger partial charge is 0.334 e. The lowest BCUT2D eigenvalue weighted by molar-refractivity contribution is 0.432. The van der Waals surface area contributed by atoms with E-state index in [1.165, 1.54) is 18.2 Å². The van der Waals surface area contributed by atoms with E-state index >= 15 is 0 Å². The fraction of sp³-hybridized carbons (Fsp3) is 0.0667. The molecule has 114 valence electrons. The van der Waals surface area contributed by atoms with Crippen LogP contribution in [0.4, 0.5) is 4.39 Å². The summed E-state index contributed by atoms with van der Waals surface area (Å²) in [6, 6.07) is 7.59. The van der Waals surface area contributed by atoms with Crippen LogP contribution in [0.25, 0.3) is 28.5 Å². The first-order valence-corrected chi connectivity index (χ1v) is 7.10. The summed E-state index contributed by atoms with van der Waals surface area (Å²) in [5, 5.41) is 12.3. The van der Waals surface area contributed by atoms with Crippen molar-refractivity contribution in [3.63, 3.8) is 0 Å². The van der Waals surface area contributed by atoms with E-state index in [0.29, 0.717) is 16.4 Å². The van der Waals surface area contributed by atoms with Crippen LogP contribution >= 0.6 is 11.6 Å². The molecule has 0 saturated carbocycles. The molecular weight excluding hydrogens is 321 g/mol. The number of aryl methyl sites for hydroxylation is 1. The van der Waals surface area contributed by atoms with E-state index in [0.717, 1.165) is 17.0 Å². The van der Waals surface area contributed by atoms with Crippen LogP contribution in [0.15, 0.2) is 41.1 Å². The Bertz CT molecular complexity index is 1030. The molecule has 0 bridgehead atoms. The number of benzene rings is 1. The summed E-state index contributed by atoms with van der Waals surface area (Å²) in [5.74, 6) is 0.852. The van der Waals surface area contributed by atoms with Crippen molar-refractivity contribution in [3.8, 4) is 22.8 Å². The van der Waals surface area contributed by atoms with Crippen molar-refractivity contribution in [2.45, 2.75) is 6.92 Å². The number of halogens is 2. The summed E-state index contributed by atoms with van der Waals surface area (Å²) < 4.78 is 20.4. The van der Waals surface area contributed by atoms with Crippen LogP contribution in [-0.4, -0.2) is 24.7 Å². The quantitative estimate of drug-likeness (QED) is 0.562. The van der Waals surface area contributed by atoms with Gasteiger partial charge in [0, 0.05) is 11.8 Å². The molecule has 23 heavy (non-hydrogen) atoms. The standard InChI is InChI=1S/C15H9ClFN5O/c1-8-19-20-13-5-2-9(7-22(8)13)14-18-15(23-21-14)11-6-10(17)3-4-12(11)16/h2-7H,1H3. The first-order valence-electron chi connectivity index (χ1n) is 6.73. The van der Waals surface area contributed by atoms with Crippen LogP contribution in [0, 0.1) is 12.7 Å². The molecule has 8 heteroatoms. The summed E-state index contributed by atoms with van der Waals surface area (Å²) in [5.41, 5.74) is 1.80. The highest BCUT2D eigenvalue weighted by Gasteiger charge is 2.15. The second kappa shape index (κ2) is 5.13. The van der Waals surface area contributed by atoms with Crippen LogP contribution in [0.2, 0.25) is 5.02 Å². The van der Waals surface area contributed by atoms with Gasteiger partial charge in [-0.3, -0.25) is 4.40 Å². The van der Waals surface area contributed by atoms with Crippen LogP contribution in [0.5, 0.6) is 0 Å². The minimum atomic E-state index is -0.425. The van der Waals surface area contributed by atoms with Gasteiger partial charge in [-0.15, -0.1) is 10.2 Å². The predicted octanol–water partition coefficient (Wildman–Crippen LogP) is 3.55. The van der Waals surface area contributed by atoms with Crippen LogP contribution in [0.1, 0.15) is 5.82 Å². The van der Waals surface area contributed by atoms with Gasteiger partial charge in [0.2, 0.25) is 5.82 Å². The van der Waals surface area contributed by atoms with E-state index in [-0.39, 0.29) is 5.89 Å². The molecule has 4 aromatic rings. The van der Waals surface area contributed by atoms with Gasteiger partial charge in [0.05, 0.1) is 10.6 Å².